The summed E-state index contributed by atoms with van der Waals surface area (Å²) in [4.78, 5) is 61.3. The Morgan fingerprint density at radius 1 is 0.643 bits per heavy atom. The molecule has 0 fully saturated rings. The third kappa shape index (κ3) is 20.3. The Hall–Kier alpha value is -4.67. The van der Waals surface area contributed by atoms with Crippen LogP contribution in [0.25, 0.3) is 0 Å². The highest BCUT2D eigenvalue weighted by Gasteiger charge is 2.18. The molecule has 0 atom stereocenters. The molecule has 2 aromatic carbocycles. The van der Waals surface area contributed by atoms with Gasteiger partial charge >= 0.3 is 24.1 Å². The van der Waals surface area contributed by atoms with E-state index in [4.69, 9.17) is 18.9 Å². The number of amides is 2. The maximum absolute atomic E-state index is 11.7. The Bertz CT molecular complexity index is 1210. The summed E-state index contributed by atoms with van der Waals surface area (Å²) in [5, 5.41) is 0. The summed E-state index contributed by atoms with van der Waals surface area (Å²) in [5.74, 6) is -2.00. The number of carbonyl (C=O) groups excluding carboxylic acids is 5. The minimum absolute atomic E-state index is 0.0322. The van der Waals surface area contributed by atoms with E-state index in [0.29, 0.717) is 0 Å². The summed E-state index contributed by atoms with van der Waals surface area (Å²) < 4.78 is 19.5. The fourth-order valence-corrected chi connectivity index (χ4v) is 2.41. The summed E-state index contributed by atoms with van der Waals surface area (Å²) in [6, 6.07) is 18.5. The van der Waals surface area contributed by atoms with E-state index >= 15 is 0 Å². The molecule has 0 aliphatic rings. The lowest BCUT2D eigenvalue weighted by Gasteiger charge is -2.17. The first-order chi connectivity index (χ1) is 19.4. The van der Waals surface area contributed by atoms with Gasteiger partial charge < -0.3 is 18.9 Å². The molecule has 228 valence electrons. The highest BCUT2D eigenvalue weighted by molar-refractivity contribution is 6.36. The molecule has 2 aromatic rings. The molecule has 0 aliphatic heterocycles. The molecule has 0 aromatic heterocycles. The van der Waals surface area contributed by atoms with Crippen LogP contribution in [-0.4, -0.2) is 53.5 Å². The van der Waals surface area contributed by atoms with Crippen molar-refractivity contribution < 1.29 is 42.9 Å². The van der Waals surface area contributed by atoms with E-state index in [9.17, 15) is 24.0 Å². The summed E-state index contributed by atoms with van der Waals surface area (Å²) in [6.45, 7) is 16.4. The van der Waals surface area contributed by atoms with Crippen LogP contribution in [0.1, 0.15) is 66.5 Å². The van der Waals surface area contributed by atoms with Crippen molar-refractivity contribution >= 4 is 42.3 Å². The van der Waals surface area contributed by atoms with Crippen LogP contribution in [0.3, 0.4) is 0 Å². The second-order valence-electron chi connectivity index (χ2n) is 10.5. The summed E-state index contributed by atoms with van der Waals surface area (Å²) in [5.41, 5.74) is 0.603. The van der Waals surface area contributed by atoms with E-state index in [2.05, 4.69) is 16.7 Å². The molecular weight excluding hydrogens is 544 g/mol. The number of ether oxygens (including phenoxy) is 4. The average Bonchev–Trinajstić information content (AvgIpc) is 2.90. The van der Waals surface area contributed by atoms with Crippen LogP contribution >= 0.6 is 0 Å². The molecule has 0 N–H and O–H groups in total. The van der Waals surface area contributed by atoms with Gasteiger partial charge in [-0.1, -0.05) is 60.7 Å². The quantitative estimate of drug-likeness (QED) is 0.171. The molecule has 11 nitrogen and oxygen atoms in total. The van der Waals surface area contributed by atoms with E-state index in [-0.39, 0.29) is 18.9 Å². The van der Waals surface area contributed by atoms with Gasteiger partial charge in [0.25, 0.3) is 0 Å². The number of carbonyl (C=O) groups is 5. The number of aliphatic imine (C=N–C) groups is 2. The first-order valence-electron chi connectivity index (χ1n) is 12.8. The van der Waals surface area contributed by atoms with Gasteiger partial charge in [0.2, 0.25) is 5.78 Å². The van der Waals surface area contributed by atoms with Crippen molar-refractivity contribution in [1.29, 1.82) is 0 Å². The van der Waals surface area contributed by atoms with Gasteiger partial charge in [-0.25, -0.2) is 19.2 Å². The zero-order valence-corrected chi connectivity index (χ0v) is 25.5. The van der Waals surface area contributed by atoms with Crippen LogP contribution in [0.4, 0.5) is 9.59 Å². The van der Waals surface area contributed by atoms with Gasteiger partial charge in [0, 0.05) is 6.92 Å². The molecule has 0 saturated heterocycles. The van der Waals surface area contributed by atoms with Crippen molar-refractivity contribution in [2.45, 2.75) is 79.8 Å². The van der Waals surface area contributed by atoms with E-state index in [0.717, 1.165) is 11.1 Å². The number of nitrogens with zero attached hydrogens (tertiary/aromatic N) is 2. The highest BCUT2D eigenvalue weighted by atomic mass is 16.6. The summed E-state index contributed by atoms with van der Waals surface area (Å²) >= 11 is 0. The second kappa shape index (κ2) is 18.6. The fraction of sp³-hybridized carbons (Fsp3) is 0.387. The van der Waals surface area contributed by atoms with Crippen LogP contribution in [0.15, 0.2) is 70.6 Å². The van der Waals surface area contributed by atoms with Crippen molar-refractivity contribution in [3.05, 3.63) is 71.8 Å². The van der Waals surface area contributed by atoms with E-state index in [1.165, 1.54) is 13.8 Å². The molecule has 0 heterocycles. The molecule has 11 heteroatoms. The number of ketones is 1. The Morgan fingerprint density at radius 2 is 1.02 bits per heavy atom. The maximum atomic E-state index is 11.7. The smallest absolute Gasteiger partial charge is 0.434 e. The van der Waals surface area contributed by atoms with Crippen molar-refractivity contribution in [1.82, 2.24) is 0 Å². The Morgan fingerprint density at radius 3 is 1.36 bits per heavy atom. The maximum Gasteiger partial charge on any atom is 0.434 e. The fourth-order valence-electron chi connectivity index (χ4n) is 2.41. The minimum Gasteiger partial charge on any atom is -0.456 e. The molecule has 0 spiro atoms. The Balaban J connectivity index is 0.000000656. The monoisotopic (exact) mass is 584 g/mol. The van der Waals surface area contributed by atoms with E-state index in [1.807, 2.05) is 60.7 Å². The molecule has 2 amide bonds. The number of rotatable bonds is 6. The van der Waals surface area contributed by atoms with E-state index in [1.54, 1.807) is 41.5 Å². The average molecular weight is 585 g/mol. The molecule has 42 heavy (non-hydrogen) atoms. The SMILES string of the molecule is C=NC(=O)OC(C)(C)C.CC(=NC(=O)OC(C)(C)C)C(=O)OCc1ccccc1.CC(=O)C(=O)OCc1ccccc1. The molecule has 0 aliphatic carbocycles. The normalized spacial score (nSPS) is 10.8. The van der Waals surface area contributed by atoms with Crippen LogP contribution in [0.2, 0.25) is 0 Å². The van der Waals surface area contributed by atoms with Crippen LogP contribution in [0.5, 0.6) is 0 Å². The van der Waals surface area contributed by atoms with Crippen molar-refractivity contribution in [2.75, 3.05) is 0 Å². The molecule has 2 rings (SSSR count). The van der Waals surface area contributed by atoms with Crippen LogP contribution in [-0.2, 0) is 46.5 Å². The van der Waals surface area contributed by atoms with Gasteiger partial charge in [0.1, 0.15) is 30.1 Å². The Kier molecular flexibility index (Phi) is 16.6. The van der Waals surface area contributed by atoms with Crippen molar-refractivity contribution in [2.24, 2.45) is 9.98 Å². The molecule has 0 bridgehead atoms. The highest BCUT2D eigenvalue weighted by Crippen LogP contribution is 2.09. The lowest BCUT2D eigenvalue weighted by molar-refractivity contribution is -0.153. The summed E-state index contributed by atoms with van der Waals surface area (Å²) in [7, 11) is 0. The number of hydrogen-bond acceptors (Lipinski definition) is 9. The first kappa shape index (κ1) is 37.3. The van der Waals surface area contributed by atoms with Gasteiger partial charge in [-0.2, -0.15) is 9.98 Å². The number of hydrogen-bond donors (Lipinski definition) is 0. The number of esters is 2. The number of Topliss-reactive ketones (excluding diaryl/α,β-unsaturated/α-hetero) is 1. The molecule has 0 saturated carbocycles. The van der Waals surface area contributed by atoms with Gasteiger partial charge in [-0.05, 0) is 66.3 Å². The van der Waals surface area contributed by atoms with E-state index < -0.39 is 41.1 Å². The second-order valence-corrected chi connectivity index (χ2v) is 10.5. The lowest BCUT2D eigenvalue weighted by Crippen LogP contribution is -2.24. The standard InChI is InChI=1S/C15H19NO4.C10H10O3.C6H11NO2/c1-11(16-14(18)20-15(2,3)4)13(17)19-10-12-8-6-5-7-9-12;1-8(11)10(12)13-7-9-5-3-2-4-6-9;1-6(2,3)9-5(8)7-4/h5-9H,10H2,1-4H3;2-6H,7H2,1H3;4H2,1-3H3. The summed E-state index contributed by atoms with van der Waals surface area (Å²) in [6.07, 6.45) is -1.42. The molecule has 0 radical (unpaired) electrons. The minimum atomic E-state index is -0.799. The predicted octanol–water partition coefficient (Wildman–Crippen LogP) is 6.07. The van der Waals surface area contributed by atoms with Crippen molar-refractivity contribution in [3.63, 3.8) is 0 Å². The van der Waals surface area contributed by atoms with Gasteiger partial charge in [0.15, 0.2) is 0 Å². The first-order valence-corrected chi connectivity index (χ1v) is 12.8. The van der Waals surface area contributed by atoms with Crippen LogP contribution < -0.4 is 0 Å². The molecular formula is C31H40N2O9. The van der Waals surface area contributed by atoms with Gasteiger partial charge in [0.05, 0.1) is 0 Å². The predicted molar refractivity (Wildman–Crippen MR) is 158 cm³/mol. The van der Waals surface area contributed by atoms with Gasteiger partial charge in [-0.15, -0.1) is 0 Å². The topological polar surface area (TPSA) is 147 Å². The zero-order valence-electron chi connectivity index (χ0n) is 25.5. The number of benzene rings is 2. The third-order valence-electron chi connectivity index (χ3n) is 4.18. The van der Waals surface area contributed by atoms with Gasteiger partial charge in [-0.3, -0.25) is 4.79 Å². The largest absolute Gasteiger partial charge is 0.456 e. The zero-order chi connectivity index (χ0) is 32.3. The van der Waals surface area contributed by atoms with Crippen molar-refractivity contribution in [3.8, 4) is 0 Å². The van der Waals surface area contributed by atoms with Crippen LogP contribution in [0, 0.1) is 0 Å². The molecule has 0 unspecified atom stereocenters. The Labute approximate surface area is 246 Å². The lowest BCUT2D eigenvalue weighted by atomic mass is 10.2. The third-order valence-corrected chi connectivity index (χ3v) is 4.18.